The first kappa shape index (κ1) is 25.3. The van der Waals surface area contributed by atoms with E-state index in [1.807, 2.05) is 25.1 Å². The smallest absolute Gasteiger partial charge is 0.132 e. The zero-order chi connectivity index (χ0) is 26.1. The molecule has 0 saturated heterocycles. The van der Waals surface area contributed by atoms with E-state index in [0.717, 1.165) is 49.5 Å². The van der Waals surface area contributed by atoms with Crippen molar-refractivity contribution in [3.05, 3.63) is 99.7 Å². The van der Waals surface area contributed by atoms with Crippen molar-refractivity contribution in [2.24, 2.45) is 0 Å². The average Bonchev–Trinajstić information content (AvgIpc) is 3.29. The molecule has 1 aliphatic rings. The van der Waals surface area contributed by atoms with Crippen molar-refractivity contribution in [2.75, 3.05) is 0 Å². The normalized spacial score (nSPS) is 14.0. The zero-order valence-corrected chi connectivity index (χ0v) is 22.9. The highest BCUT2D eigenvalue weighted by atomic mass is 32.1. The number of benzene rings is 3. The van der Waals surface area contributed by atoms with Crippen LogP contribution in [0.15, 0.2) is 61.2 Å². The Labute approximate surface area is 224 Å². The molecule has 5 rings (SSSR count). The highest BCUT2D eigenvalue weighted by molar-refractivity contribution is 7.20. The monoisotopic (exact) mass is 507 g/mol. The summed E-state index contributed by atoms with van der Waals surface area (Å²) in [6.07, 6.45) is 11.7. The minimum Gasteiger partial charge on any atom is -0.364 e. The summed E-state index contributed by atoms with van der Waals surface area (Å²) >= 11 is 1.69. The van der Waals surface area contributed by atoms with Gasteiger partial charge in [-0.25, -0.2) is 4.39 Å². The molecule has 0 atom stereocenters. The first-order chi connectivity index (χ1) is 17.9. The Morgan fingerprint density at radius 2 is 1.65 bits per heavy atom. The van der Waals surface area contributed by atoms with Gasteiger partial charge in [-0.2, -0.15) is 0 Å². The van der Waals surface area contributed by atoms with E-state index < -0.39 is 0 Å². The number of halogens is 1. The van der Waals surface area contributed by atoms with Gasteiger partial charge < -0.3 is 4.90 Å². The van der Waals surface area contributed by atoms with Crippen molar-refractivity contribution >= 4 is 27.1 Å². The maximum Gasteiger partial charge on any atom is 0.132 e. The lowest BCUT2D eigenvalue weighted by Gasteiger charge is -2.38. The molecule has 3 aromatic carbocycles. The largest absolute Gasteiger partial charge is 0.364 e. The Hall–Kier alpha value is -3.35. The SMILES string of the molecule is C#Cc1ccc(-c2ccc(C)c(CN(C(=C)c3sc4c(C)ccc(F)c4c3C)C3CCCCC3)c2)cc1. The third-order valence-electron chi connectivity index (χ3n) is 7.92. The van der Waals surface area contributed by atoms with Gasteiger partial charge in [0.2, 0.25) is 0 Å². The molecule has 0 radical (unpaired) electrons. The Morgan fingerprint density at radius 1 is 0.973 bits per heavy atom. The second-order valence-electron chi connectivity index (χ2n) is 10.4. The number of fused-ring (bicyclic) bond motifs is 1. The predicted octanol–water partition coefficient (Wildman–Crippen LogP) is 9.42. The summed E-state index contributed by atoms with van der Waals surface area (Å²) in [4.78, 5) is 3.62. The van der Waals surface area contributed by atoms with Crippen molar-refractivity contribution in [1.82, 2.24) is 4.90 Å². The molecule has 188 valence electrons. The fourth-order valence-electron chi connectivity index (χ4n) is 5.64. The van der Waals surface area contributed by atoms with E-state index in [4.69, 9.17) is 6.42 Å². The van der Waals surface area contributed by atoms with E-state index in [2.05, 4.69) is 61.6 Å². The molecule has 4 aromatic rings. The fourth-order valence-corrected chi connectivity index (χ4v) is 6.92. The van der Waals surface area contributed by atoms with Crippen LogP contribution in [0.3, 0.4) is 0 Å². The standard InChI is InChI=1S/C34H34FNS/c1-6-26-14-17-27(18-15-26)28-16-12-22(2)29(20-28)21-36(30-10-8-7-9-11-30)25(5)34-24(4)32-31(35)19-13-23(3)33(32)37-34/h1,12-20,30H,5,7-11,21H2,2-4H3. The van der Waals surface area contributed by atoms with Crippen LogP contribution >= 0.6 is 11.3 Å². The molecule has 1 fully saturated rings. The maximum atomic E-state index is 14.9. The summed E-state index contributed by atoms with van der Waals surface area (Å²) in [6.45, 7) is 11.7. The van der Waals surface area contributed by atoms with Crippen LogP contribution in [0.5, 0.6) is 0 Å². The Bertz CT molecular complexity index is 1500. The molecule has 3 heteroatoms. The minimum atomic E-state index is -0.142. The predicted molar refractivity (Wildman–Crippen MR) is 157 cm³/mol. The third-order valence-corrected chi connectivity index (χ3v) is 9.40. The number of aryl methyl sites for hydroxylation is 3. The van der Waals surface area contributed by atoms with Crippen molar-refractivity contribution in [3.8, 4) is 23.5 Å². The zero-order valence-electron chi connectivity index (χ0n) is 22.0. The van der Waals surface area contributed by atoms with Crippen molar-refractivity contribution in [2.45, 2.75) is 65.5 Å². The molecule has 1 heterocycles. The van der Waals surface area contributed by atoms with Crippen LogP contribution in [-0.2, 0) is 6.54 Å². The Kier molecular flexibility index (Phi) is 7.22. The number of hydrogen-bond acceptors (Lipinski definition) is 2. The lowest BCUT2D eigenvalue weighted by atomic mass is 9.92. The average molecular weight is 508 g/mol. The molecule has 0 aliphatic heterocycles. The molecule has 1 saturated carbocycles. The fraction of sp³-hybridized carbons (Fsp3) is 0.294. The first-order valence-electron chi connectivity index (χ1n) is 13.2. The molecular formula is C34H34FNS. The van der Waals surface area contributed by atoms with Crippen LogP contribution in [0.25, 0.3) is 26.9 Å². The third kappa shape index (κ3) is 4.96. The van der Waals surface area contributed by atoms with Gasteiger partial charge in [-0.05, 0) is 91.3 Å². The van der Waals surface area contributed by atoms with Crippen LogP contribution in [-0.4, -0.2) is 10.9 Å². The van der Waals surface area contributed by atoms with Gasteiger partial charge in [-0.3, -0.25) is 0 Å². The van der Waals surface area contributed by atoms with E-state index in [0.29, 0.717) is 6.04 Å². The van der Waals surface area contributed by atoms with Crippen LogP contribution in [0, 0.1) is 38.9 Å². The summed E-state index contributed by atoms with van der Waals surface area (Å²) < 4.78 is 15.9. The topological polar surface area (TPSA) is 3.24 Å². The molecular weight excluding hydrogens is 473 g/mol. The van der Waals surface area contributed by atoms with Crippen LogP contribution in [0.2, 0.25) is 0 Å². The first-order valence-corrected chi connectivity index (χ1v) is 14.0. The molecule has 0 spiro atoms. The molecule has 1 nitrogen and oxygen atoms in total. The Morgan fingerprint density at radius 3 is 2.32 bits per heavy atom. The summed E-state index contributed by atoms with van der Waals surface area (Å²) in [5.74, 6) is 2.56. The maximum absolute atomic E-state index is 14.9. The molecule has 0 unspecified atom stereocenters. The number of hydrogen-bond donors (Lipinski definition) is 0. The van der Waals surface area contributed by atoms with Crippen molar-refractivity contribution in [3.63, 3.8) is 0 Å². The molecule has 37 heavy (non-hydrogen) atoms. The quantitative estimate of drug-likeness (QED) is 0.235. The molecule has 0 amide bonds. The number of thiophene rings is 1. The second kappa shape index (κ2) is 10.6. The summed E-state index contributed by atoms with van der Waals surface area (Å²) in [7, 11) is 0. The van der Waals surface area contributed by atoms with Crippen LogP contribution in [0.4, 0.5) is 4.39 Å². The highest BCUT2D eigenvalue weighted by Gasteiger charge is 2.26. The van der Waals surface area contributed by atoms with Gasteiger partial charge in [0.05, 0.1) is 4.88 Å². The highest BCUT2D eigenvalue weighted by Crippen LogP contribution is 2.41. The van der Waals surface area contributed by atoms with Gasteiger partial charge in [0.25, 0.3) is 0 Å². The van der Waals surface area contributed by atoms with Crippen LogP contribution in [0.1, 0.15) is 64.8 Å². The minimum absolute atomic E-state index is 0.142. The number of nitrogens with zero attached hydrogens (tertiary/aromatic N) is 1. The van der Waals surface area contributed by atoms with Gasteiger partial charge in [0, 0.05) is 33.9 Å². The van der Waals surface area contributed by atoms with Crippen LogP contribution < -0.4 is 0 Å². The number of terminal acetylenes is 1. The van der Waals surface area contributed by atoms with E-state index in [1.165, 1.54) is 48.8 Å². The van der Waals surface area contributed by atoms with Gasteiger partial charge in [-0.1, -0.05) is 62.1 Å². The Balaban J connectivity index is 1.54. The lowest BCUT2D eigenvalue weighted by Crippen LogP contribution is -2.35. The van der Waals surface area contributed by atoms with E-state index in [1.54, 1.807) is 17.4 Å². The second-order valence-corrected chi connectivity index (χ2v) is 11.4. The summed E-state index contributed by atoms with van der Waals surface area (Å²) in [5, 5.41) is 0.748. The van der Waals surface area contributed by atoms with Gasteiger partial charge >= 0.3 is 0 Å². The van der Waals surface area contributed by atoms with Gasteiger partial charge in [0.1, 0.15) is 5.82 Å². The van der Waals surface area contributed by atoms with Crippen molar-refractivity contribution in [1.29, 1.82) is 0 Å². The summed E-state index contributed by atoms with van der Waals surface area (Å²) in [5.41, 5.74) is 8.95. The van der Waals surface area contributed by atoms with Gasteiger partial charge in [0.15, 0.2) is 0 Å². The molecule has 0 bridgehead atoms. The van der Waals surface area contributed by atoms with E-state index in [-0.39, 0.29) is 5.82 Å². The molecule has 1 aromatic heterocycles. The van der Waals surface area contributed by atoms with Crippen molar-refractivity contribution < 1.29 is 4.39 Å². The van der Waals surface area contributed by atoms with Gasteiger partial charge in [-0.15, -0.1) is 17.8 Å². The van der Waals surface area contributed by atoms with E-state index >= 15 is 0 Å². The van der Waals surface area contributed by atoms with E-state index in [9.17, 15) is 4.39 Å². The number of rotatable bonds is 6. The molecule has 0 N–H and O–H groups in total. The molecule has 1 aliphatic carbocycles. The lowest BCUT2D eigenvalue weighted by molar-refractivity contribution is 0.225. The summed E-state index contributed by atoms with van der Waals surface area (Å²) in [6, 6.07) is 18.8.